The monoisotopic (exact) mass is 278 g/mol. The van der Waals surface area contributed by atoms with Gasteiger partial charge in [0.2, 0.25) is 0 Å². The van der Waals surface area contributed by atoms with E-state index in [4.69, 9.17) is 15.7 Å². The standard InChI is InChI=1S/C8H5.C5H5.2CO.Fe/c1-2-8-6-4-3-5-7-8;1-2-4-5-3-1;2*1-2;/h3-7H;1-5H;;;/q-1;;;;+2. The van der Waals surface area contributed by atoms with Crippen molar-refractivity contribution in [2.24, 2.45) is 0 Å². The minimum Gasteiger partial charge on any atom is -0.0312 e. The van der Waals surface area contributed by atoms with Gasteiger partial charge in [-0.1, -0.05) is 18.2 Å². The molecule has 0 atom stereocenters. The Bertz CT molecular complexity index is 318. The molecule has 0 amide bonds. The first-order valence-electron chi connectivity index (χ1n) is 4.49. The van der Waals surface area contributed by atoms with Crippen LogP contribution in [0.25, 0.3) is 0 Å². The third-order valence-electron chi connectivity index (χ3n) is 1.47. The van der Waals surface area contributed by atoms with Crippen molar-refractivity contribution in [3.63, 3.8) is 0 Å². The van der Waals surface area contributed by atoms with E-state index < -0.39 is 0 Å². The molecule has 18 heavy (non-hydrogen) atoms. The van der Waals surface area contributed by atoms with Gasteiger partial charge >= 0.3 is 39.7 Å². The minimum atomic E-state index is 0. The van der Waals surface area contributed by atoms with Crippen LogP contribution in [-0.4, -0.2) is 0 Å². The number of hydrogen-bond donors (Lipinski definition) is 0. The molecule has 2 nitrogen and oxygen atoms in total. The average molecular weight is 278 g/mol. The molecule has 0 heterocycles. The fourth-order valence-corrected chi connectivity index (χ4v) is 0.842. The molecule has 5 radical (unpaired) electrons. The van der Waals surface area contributed by atoms with Crippen molar-refractivity contribution in [1.29, 1.82) is 0 Å². The van der Waals surface area contributed by atoms with Crippen LogP contribution in [0.1, 0.15) is 5.56 Å². The van der Waals surface area contributed by atoms with Crippen LogP contribution >= 0.6 is 0 Å². The molecular formula is C15H10FeO2+. The van der Waals surface area contributed by atoms with E-state index in [1.54, 1.807) is 0 Å². The number of hydrogen-bond acceptors (Lipinski definition) is 0. The molecule has 0 aromatic heterocycles. The largest absolute Gasteiger partial charge is 2.00 e. The summed E-state index contributed by atoms with van der Waals surface area (Å²) in [6.07, 6.45) is 16.7. The van der Waals surface area contributed by atoms with Gasteiger partial charge in [0.25, 0.3) is 0 Å². The van der Waals surface area contributed by atoms with E-state index >= 15 is 0 Å². The molecular weight excluding hydrogens is 268 g/mol. The van der Waals surface area contributed by atoms with Crippen LogP contribution in [0.5, 0.6) is 0 Å². The van der Waals surface area contributed by atoms with Crippen molar-refractivity contribution in [2.45, 2.75) is 0 Å². The fraction of sp³-hybridized carbons (Fsp3) is 0. The molecule has 0 bridgehead atoms. The van der Waals surface area contributed by atoms with Crippen LogP contribution in [0, 0.1) is 57.7 Å². The van der Waals surface area contributed by atoms with E-state index in [2.05, 4.69) is 19.2 Å². The van der Waals surface area contributed by atoms with Gasteiger partial charge in [0.1, 0.15) is 0 Å². The van der Waals surface area contributed by atoms with Crippen molar-refractivity contribution in [3.05, 3.63) is 87.7 Å². The molecule has 1 aromatic carbocycles. The summed E-state index contributed by atoms with van der Waals surface area (Å²) >= 11 is 0. The summed E-state index contributed by atoms with van der Waals surface area (Å²) in [6, 6.07) is 9.37. The minimum absolute atomic E-state index is 0. The summed E-state index contributed by atoms with van der Waals surface area (Å²) in [7, 11) is 0. The Balaban J connectivity index is -0.000000196. The van der Waals surface area contributed by atoms with E-state index in [1.807, 2.05) is 62.4 Å². The average Bonchev–Trinajstić information content (AvgIpc) is 3.03. The van der Waals surface area contributed by atoms with Gasteiger partial charge in [0, 0.05) is 0 Å². The summed E-state index contributed by atoms with van der Waals surface area (Å²) in [6.45, 7) is 9.00. The normalized spacial score (nSPS) is 10.4. The van der Waals surface area contributed by atoms with Gasteiger partial charge in [-0.15, -0.1) is 17.7 Å². The number of rotatable bonds is 0. The maximum absolute atomic E-state index is 7.50. The van der Waals surface area contributed by atoms with Gasteiger partial charge in [0.05, 0.1) is 0 Å². The molecule has 1 fully saturated rings. The van der Waals surface area contributed by atoms with Gasteiger partial charge in [0.15, 0.2) is 0 Å². The van der Waals surface area contributed by atoms with Gasteiger partial charge < -0.3 is 6.42 Å². The molecule has 2 rings (SSSR count). The molecule has 0 saturated heterocycles. The van der Waals surface area contributed by atoms with Gasteiger partial charge in [-0.3, -0.25) is 5.92 Å². The third-order valence-corrected chi connectivity index (χ3v) is 1.47. The second-order valence-corrected chi connectivity index (χ2v) is 2.45. The smallest absolute Gasteiger partial charge is 0.0312 e. The fourth-order valence-electron chi connectivity index (χ4n) is 0.842. The SMILES string of the molecule is [C-]#Cc1ccccc1.[C-]#[O+].[C-]#[O+].[CH]1[CH][CH][CH][CH]1.[Fe+2]. The van der Waals surface area contributed by atoms with Crippen LogP contribution in [0.15, 0.2) is 30.3 Å². The molecule has 89 valence electrons. The second kappa shape index (κ2) is 21.1. The summed E-state index contributed by atoms with van der Waals surface area (Å²) in [5.74, 6) is 2.28. The first-order chi connectivity index (χ1) is 8.43. The molecule has 1 aliphatic rings. The predicted molar refractivity (Wildman–Crippen MR) is 62.0 cm³/mol. The Morgan fingerprint density at radius 3 is 1.28 bits per heavy atom. The van der Waals surface area contributed by atoms with E-state index in [0.29, 0.717) is 0 Å². The topological polar surface area (TPSA) is 39.8 Å². The van der Waals surface area contributed by atoms with Crippen LogP contribution in [-0.2, 0) is 26.4 Å². The van der Waals surface area contributed by atoms with Crippen LogP contribution < -0.4 is 0 Å². The number of benzene rings is 1. The van der Waals surface area contributed by atoms with E-state index in [-0.39, 0.29) is 17.1 Å². The van der Waals surface area contributed by atoms with Crippen LogP contribution in [0.3, 0.4) is 0 Å². The molecule has 0 N–H and O–H groups in total. The zero-order valence-corrected chi connectivity index (χ0v) is 10.5. The third kappa shape index (κ3) is 14.8. The summed E-state index contributed by atoms with van der Waals surface area (Å²) < 4.78 is 15.0. The van der Waals surface area contributed by atoms with Crippen molar-refractivity contribution >= 4 is 0 Å². The van der Waals surface area contributed by atoms with Gasteiger partial charge in [-0.2, -0.15) is 0 Å². The van der Waals surface area contributed by atoms with Crippen LogP contribution in [0.2, 0.25) is 0 Å². The van der Waals surface area contributed by atoms with Crippen molar-refractivity contribution in [3.8, 4) is 5.92 Å². The molecule has 0 spiro atoms. The maximum atomic E-state index is 7.50. The van der Waals surface area contributed by atoms with E-state index in [9.17, 15) is 0 Å². The molecule has 0 aliphatic heterocycles. The Morgan fingerprint density at radius 2 is 1.06 bits per heavy atom. The van der Waals surface area contributed by atoms with Crippen molar-refractivity contribution < 1.29 is 26.4 Å². The van der Waals surface area contributed by atoms with Gasteiger partial charge in [-0.25, -0.2) is 0 Å². The molecule has 1 aliphatic carbocycles. The molecule has 1 aromatic rings. The van der Waals surface area contributed by atoms with Crippen LogP contribution in [0.4, 0.5) is 0 Å². The summed E-state index contributed by atoms with van der Waals surface area (Å²) in [5.41, 5.74) is 0.826. The molecule has 3 heteroatoms. The van der Waals surface area contributed by atoms with Crippen molar-refractivity contribution in [1.82, 2.24) is 0 Å². The first kappa shape index (κ1) is 22.0. The zero-order valence-electron chi connectivity index (χ0n) is 9.44. The predicted octanol–water partition coefficient (Wildman–Crippen LogP) is 2.57. The summed E-state index contributed by atoms with van der Waals surface area (Å²) in [4.78, 5) is 0. The van der Waals surface area contributed by atoms with Gasteiger partial charge in [-0.05, 0) is 32.1 Å². The van der Waals surface area contributed by atoms with E-state index in [0.717, 1.165) is 5.56 Å². The first-order valence-corrected chi connectivity index (χ1v) is 4.49. The Kier molecular flexibility index (Phi) is 25.8. The second-order valence-electron chi connectivity index (χ2n) is 2.45. The Hall–Kier alpha value is -1.22. The Morgan fingerprint density at radius 1 is 0.722 bits per heavy atom. The van der Waals surface area contributed by atoms with Crippen molar-refractivity contribution in [2.75, 3.05) is 0 Å². The zero-order chi connectivity index (χ0) is 13.4. The van der Waals surface area contributed by atoms with E-state index in [1.165, 1.54) is 0 Å². The quantitative estimate of drug-likeness (QED) is 0.303. The Labute approximate surface area is 120 Å². The summed E-state index contributed by atoms with van der Waals surface area (Å²) in [5, 5.41) is 0. The molecule has 0 unspecified atom stereocenters. The molecule has 1 saturated carbocycles. The maximum Gasteiger partial charge on any atom is 2.00 e.